The third-order valence-corrected chi connectivity index (χ3v) is 2.64. The molecule has 96 valence electrons. The van der Waals surface area contributed by atoms with E-state index < -0.39 is 0 Å². The molecule has 1 aromatic rings. The Kier molecular flexibility index (Phi) is 5.84. The van der Waals surface area contributed by atoms with Gasteiger partial charge in [-0.15, -0.1) is 0 Å². The quantitative estimate of drug-likeness (QED) is 0.739. The predicted molar refractivity (Wildman–Crippen MR) is 71.0 cm³/mol. The van der Waals surface area contributed by atoms with Crippen LogP contribution in [0.2, 0.25) is 0 Å². The van der Waals surface area contributed by atoms with Gasteiger partial charge in [0, 0.05) is 6.04 Å². The van der Waals surface area contributed by atoms with Crippen molar-refractivity contribution in [3.8, 4) is 11.5 Å². The molecule has 1 N–H and O–H groups in total. The lowest BCUT2D eigenvalue weighted by molar-refractivity contribution is 0.354. The molecule has 0 heterocycles. The lowest BCUT2D eigenvalue weighted by Crippen LogP contribution is -2.23. The van der Waals surface area contributed by atoms with Crippen molar-refractivity contribution in [1.82, 2.24) is 5.32 Å². The van der Waals surface area contributed by atoms with Crippen LogP contribution in [0.5, 0.6) is 11.5 Å². The normalized spacial score (nSPS) is 10.6. The Hall–Kier alpha value is -1.22. The summed E-state index contributed by atoms with van der Waals surface area (Å²) < 4.78 is 10.5. The van der Waals surface area contributed by atoms with E-state index in [2.05, 4.69) is 25.2 Å². The van der Waals surface area contributed by atoms with Crippen LogP contribution in [0, 0.1) is 0 Å². The molecule has 0 bridgehead atoms. The zero-order valence-corrected chi connectivity index (χ0v) is 11.2. The molecule has 0 aromatic heterocycles. The van der Waals surface area contributed by atoms with Gasteiger partial charge in [-0.1, -0.05) is 19.9 Å². The van der Waals surface area contributed by atoms with Gasteiger partial charge >= 0.3 is 0 Å². The third-order valence-electron chi connectivity index (χ3n) is 2.64. The summed E-state index contributed by atoms with van der Waals surface area (Å²) in [5.41, 5.74) is 1.29. The van der Waals surface area contributed by atoms with Gasteiger partial charge < -0.3 is 14.8 Å². The van der Waals surface area contributed by atoms with E-state index in [9.17, 15) is 0 Å². The number of methoxy groups -OCH3 is 2. The Morgan fingerprint density at radius 2 is 1.82 bits per heavy atom. The number of hydrogen-bond acceptors (Lipinski definition) is 3. The molecular weight excluding hydrogens is 214 g/mol. The van der Waals surface area contributed by atoms with Crippen molar-refractivity contribution in [1.29, 1.82) is 0 Å². The van der Waals surface area contributed by atoms with Crippen molar-refractivity contribution in [2.45, 2.75) is 32.7 Å². The Labute approximate surface area is 104 Å². The molecule has 1 aromatic carbocycles. The number of ether oxygens (including phenoxy) is 2. The van der Waals surface area contributed by atoms with Gasteiger partial charge in [-0.3, -0.25) is 0 Å². The molecule has 0 spiro atoms. The fraction of sp³-hybridized carbons (Fsp3) is 0.571. The first-order valence-electron chi connectivity index (χ1n) is 6.11. The van der Waals surface area contributed by atoms with Crippen molar-refractivity contribution in [2.24, 2.45) is 0 Å². The smallest absolute Gasteiger partial charge is 0.160 e. The van der Waals surface area contributed by atoms with Crippen LogP contribution in [-0.4, -0.2) is 26.8 Å². The lowest BCUT2D eigenvalue weighted by Gasteiger charge is -2.10. The highest BCUT2D eigenvalue weighted by molar-refractivity contribution is 5.42. The van der Waals surface area contributed by atoms with E-state index in [1.807, 2.05) is 12.1 Å². The molecule has 0 atom stereocenters. The Bertz CT molecular complexity index is 337. The summed E-state index contributed by atoms with van der Waals surface area (Å²) in [5.74, 6) is 1.60. The van der Waals surface area contributed by atoms with Gasteiger partial charge in [0.05, 0.1) is 14.2 Å². The molecule has 3 nitrogen and oxygen atoms in total. The van der Waals surface area contributed by atoms with Gasteiger partial charge in [-0.25, -0.2) is 0 Å². The van der Waals surface area contributed by atoms with Gasteiger partial charge in [-0.2, -0.15) is 0 Å². The minimum absolute atomic E-state index is 0.556. The first-order valence-corrected chi connectivity index (χ1v) is 6.11. The van der Waals surface area contributed by atoms with Gasteiger partial charge in [0.15, 0.2) is 11.5 Å². The monoisotopic (exact) mass is 237 g/mol. The van der Waals surface area contributed by atoms with Gasteiger partial charge in [0.1, 0.15) is 0 Å². The summed E-state index contributed by atoms with van der Waals surface area (Å²) in [5, 5.41) is 3.41. The third kappa shape index (κ3) is 4.65. The van der Waals surface area contributed by atoms with Crippen LogP contribution < -0.4 is 14.8 Å². The maximum Gasteiger partial charge on any atom is 0.160 e. The van der Waals surface area contributed by atoms with E-state index in [-0.39, 0.29) is 0 Å². The van der Waals surface area contributed by atoms with Crippen LogP contribution in [0.4, 0.5) is 0 Å². The first-order chi connectivity index (χ1) is 8.17. The van der Waals surface area contributed by atoms with E-state index in [1.54, 1.807) is 14.2 Å². The highest BCUT2D eigenvalue weighted by Crippen LogP contribution is 2.27. The van der Waals surface area contributed by atoms with Crippen LogP contribution >= 0.6 is 0 Å². The van der Waals surface area contributed by atoms with Crippen LogP contribution in [0.25, 0.3) is 0 Å². The number of rotatable bonds is 7. The van der Waals surface area contributed by atoms with Crippen molar-refractivity contribution < 1.29 is 9.47 Å². The maximum absolute atomic E-state index is 5.28. The fourth-order valence-electron chi connectivity index (χ4n) is 1.72. The first kappa shape index (κ1) is 13.8. The van der Waals surface area contributed by atoms with Crippen molar-refractivity contribution >= 4 is 0 Å². The molecule has 0 saturated carbocycles. The molecule has 0 amide bonds. The summed E-state index contributed by atoms with van der Waals surface area (Å²) in [6.07, 6.45) is 2.19. The summed E-state index contributed by atoms with van der Waals surface area (Å²) in [4.78, 5) is 0. The molecule has 0 aliphatic carbocycles. The topological polar surface area (TPSA) is 30.5 Å². The van der Waals surface area contributed by atoms with Crippen molar-refractivity contribution in [3.63, 3.8) is 0 Å². The molecule has 17 heavy (non-hydrogen) atoms. The highest BCUT2D eigenvalue weighted by atomic mass is 16.5. The summed E-state index contributed by atoms with van der Waals surface area (Å²) in [7, 11) is 3.33. The number of hydrogen-bond donors (Lipinski definition) is 1. The average Bonchev–Trinajstić information content (AvgIpc) is 2.34. The number of aryl methyl sites for hydroxylation is 1. The Morgan fingerprint density at radius 3 is 2.41 bits per heavy atom. The second-order valence-corrected chi connectivity index (χ2v) is 4.40. The number of nitrogens with one attached hydrogen (secondary N) is 1. The van der Waals surface area contributed by atoms with Crippen molar-refractivity contribution in [3.05, 3.63) is 23.8 Å². The molecular formula is C14H23NO2. The van der Waals surface area contributed by atoms with Crippen LogP contribution in [0.15, 0.2) is 18.2 Å². The van der Waals surface area contributed by atoms with E-state index in [0.29, 0.717) is 6.04 Å². The van der Waals surface area contributed by atoms with E-state index in [4.69, 9.17) is 9.47 Å². The SMILES string of the molecule is COc1ccc(CCCNC(C)C)cc1OC. The summed E-state index contributed by atoms with van der Waals surface area (Å²) in [6, 6.07) is 6.66. The maximum atomic E-state index is 5.28. The van der Waals surface area contributed by atoms with Crippen LogP contribution in [0.1, 0.15) is 25.8 Å². The molecule has 0 saturated heterocycles. The van der Waals surface area contributed by atoms with Crippen LogP contribution in [0.3, 0.4) is 0 Å². The molecule has 0 radical (unpaired) electrons. The minimum Gasteiger partial charge on any atom is -0.493 e. The standard InChI is InChI=1S/C14H23NO2/c1-11(2)15-9-5-6-12-7-8-13(16-3)14(10-12)17-4/h7-8,10-11,15H,5-6,9H2,1-4H3. The Morgan fingerprint density at radius 1 is 1.12 bits per heavy atom. The number of benzene rings is 1. The molecule has 1 rings (SSSR count). The molecule has 0 aliphatic heterocycles. The average molecular weight is 237 g/mol. The van der Waals surface area contributed by atoms with Crippen LogP contribution in [-0.2, 0) is 6.42 Å². The Balaban J connectivity index is 2.48. The second kappa shape index (κ2) is 7.17. The molecule has 0 aliphatic rings. The molecule has 3 heteroatoms. The van der Waals surface area contributed by atoms with Gasteiger partial charge in [0.2, 0.25) is 0 Å². The van der Waals surface area contributed by atoms with Gasteiger partial charge in [0.25, 0.3) is 0 Å². The highest BCUT2D eigenvalue weighted by Gasteiger charge is 2.04. The fourth-order valence-corrected chi connectivity index (χ4v) is 1.72. The largest absolute Gasteiger partial charge is 0.493 e. The zero-order chi connectivity index (χ0) is 12.7. The molecule has 0 unspecified atom stereocenters. The van der Waals surface area contributed by atoms with E-state index >= 15 is 0 Å². The van der Waals surface area contributed by atoms with E-state index in [0.717, 1.165) is 30.9 Å². The van der Waals surface area contributed by atoms with E-state index in [1.165, 1.54) is 5.56 Å². The molecule has 0 fully saturated rings. The summed E-state index contributed by atoms with van der Waals surface area (Å²) in [6.45, 7) is 5.37. The van der Waals surface area contributed by atoms with Crippen molar-refractivity contribution in [2.75, 3.05) is 20.8 Å². The minimum atomic E-state index is 0.556. The predicted octanol–water partition coefficient (Wildman–Crippen LogP) is 2.63. The lowest BCUT2D eigenvalue weighted by atomic mass is 10.1. The zero-order valence-electron chi connectivity index (χ0n) is 11.2. The summed E-state index contributed by atoms with van der Waals surface area (Å²) >= 11 is 0. The second-order valence-electron chi connectivity index (χ2n) is 4.40. The van der Waals surface area contributed by atoms with Gasteiger partial charge in [-0.05, 0) is 37.1 Å².